The lowest BCUT2D eigenvalue weighted by molar-refractivity contribution is -0.137. The number of aliphatic hydroxyl groups is 1. The van der Waals surface area contributed by atoms with E-state index < -0.39 is 0 Å². The molecular formula is C25H32O3. The van der Waals surface area contributed by atoms with E-state index in [0.29, 0.717) is 12.3 Å². The SMILES string of the molecule is C#CC#CC#CC#COC(=O)CCC1CC(C(C)(C)C)C(O)C(C(C)(C)C)C1. The zero-order chi connectivity index (χ0) is 21.4. The number of esters is 1. The molecule has 1 N–H and O–H groups in total. The average molecular weight is 381 g/mol. The van der Waals surface area contributed by atoms with E-state index in [2.05, 4.69) is 83.2 Å². The summed E-state index contributed by atoms with van der Waals surface area (Å²) in [6.07, 6.45) is 9.85. The summed E-state index contributed by atoms with van der Waals surface area (Å²) < 4.78 is 4.91. The minimum Gasteiger partial charge on any atom is -0.393 e. The standard InChI is InChI=1S/C25H32O3/c1-8-9-10-11-12-13-16-28-22(26)15-14-19-17-20(24(2,3)4)23(27)21(18-19)25(5,6)7/h1,19-21,23,27H,14-15,17-18H2,2-7H3. The molecule has 0 spiro atoms. The number of rotatable bonds is 3. The van der Waals surface area contributed by atoms with Crippen LogP contribution in [0.2, 0.25) is 0 Å². The smallest absolute Gasteiger partial charge is 0.319 e. The maximum absolute atomic E-state index is 12.0. The summed E-state index contributed by atoms with van der Waals surface area (Å²) in [5.41, 5.74) is 0.0448. The largest absolute Gasteiger partial charge is 0.393 e. The van der Waals surface area contributed by atoms with Crippen molar-refractivity contribution in [2.45, 2.75) is 73.3 Å². The van der Waals surface area contributed by atoms with Gasteiger partial charge in [0.1, 0.15) is 6.11 Å². The molecule has 0 bridgehead atoms. The molecule has 3 nitrogen and oxygen atoms in total. The highest BCUT2D eigenvalue weighted by Crippen LogP contribution is 2.49. The Morgan fingerprint density at radius 3 is 1.96 bits per heavy atom. The van der Waals surface area contributed by atoms with E-state index in [1.807, 2.05) is 0 Å². The normalized spacial score (nSPS) is 24.2. The molecule has 0 heterocycles. The number of terminal acetylenes is 1. The molecule has 1 fully saturated rings. The van der Waals surface area contributed by atoms with E-state index in [9.17, 15) is 9.90 Å². The van der Waals surface area contributed by atoms with Crippen molar-refractivity contribution in [2.24, 2.45) is 28.6 Å². The lowest BCUT2D eigenvalue weighted by Crippen LogP contribution is -2.47. The number of aliphatic hydroxyl groups excluding tert-OH is 1. The molecule has 0 saturated heterocycles. The van der Waals surface area contributed by atoms with Gasteiger partial charge >= 0.3 is 5.97 Å². The second-order valence-electron chi connectivity index (χ2n) is 9.66. The van der Waals surface area contributed by atoms with Crippen molar-refractivity contribution in [1.82, 2.24) is 0 Å². The predicted octanol–water partition coefficient (Wildman–Crippen LogP) is 4.01. The molecule has 1 aliphatic rings. The maximum atomic E-state index is 12.0. The fraction of sp³-hybridized carbons (Fsp3) is 0.640. The van der Waals surface area contributed by atoms with Crippen LogP contribution in [0.4, 0.5) is 0 Å². The molecule has 0 aromatic heterocycles. The Bertz CT molecular complexity index is 742. The fourth-order valence-electron chi connectivity index (χ4n) is 3.95. The van der Waals surface area contributed by atoms with Gasteiger partial charge in [-0.05, 0) is 65.6 Å². The van der Waals surface area contributed by atoms with Crippen LogP contribution in [-0.4, -0.2) is 17.2 Å². The van der Waals surface area contributed by atoms with E-state index in [1.54, 1.807) is 0 Å². The van der Waals surface area contributed by atoms with Gasteiger partial charge in [-0.1, -0.05) is 41.5 Å². The van der Waals surface area contributed by atoms with Crippen molar-refractivity contribution in [3.63, 3.8) is 0 Å². The lowest BCUT2D eigenvalue weighted by Gasteiger charge is -2.49. The van der Waals surface area contributed by atoms with Crippen LogP contribution in [0, 0.1) is 76.6 Å². The maximum Gasteiger partial charge on any atom is 0.319 e. The topological polar surface area (TPSA) is 46.5 Å². The molecule has 28 heavy (non-hydrogen) atoms. The van der Waals surface area contributed by atoms with Crippen molar-refractivity contribution >= 4 is 5.97 Å². The highest BCUT2D eigenvalue weighted by Gasteiger charge is 2.45. The van der Waals surface area contributed by atoms with Gasteiger partial charge in [0.05, 0.1) is 6.10 Å². The van der Waals surface area contributed by atoms with E-state index in [-0.39, 0.29) is 34.7 Å². The Hall–Kier alpha value is -2.33. The first-order valence-electron chi connectivity index (χ1n) is 9.80. The zero-order valence-corrected chi connectivity index (χ0v) is 18.0. The molecule has 2 unspecified atom stereocenters. The van der Waals surface area contributed by atoms with Crippen LogP contribution in [0.25, 0.3) is 0 Å². The van der Waals surface area contributed by atoms with Crippen LogP contribution >= 0.6 is 0 Å². The summed E-state index contributed by atoms with van der Waals surface area (Å²) >= 11 is 0. The third kappa shape index (κ3) is 7.73. The van der Waals surface area contributed by atoms with Gasteiger partial charge in [0.25, 0.3) is 0 Å². The molecular weight excluding hydrogens is 348 g/mol. The van der Waals surface area contributed by atoms with Crippen LogP contribution in [0.5, 0.6) is 0 Å². The minimum atomic E-state index is -0.352. The highest BCUT2D eigenvalue weighted by atomic mass is 16.5. The van der Waals surface area contributed by atoms with Gasteiger partial charge in [-0.25, -0.2) is 0 Å². The van der Waals surface area contributed by atoms with Crippen molar-refractivity contribution < 1.29 is 14.6 Å². The van der Waals surface area contributed by atoms with Gasteiger partial charge in [-0.2, -0.15) is 0 Å². The third-order valence-electron chi connectivity index (χ3n) is 5.52. The summed E-state index contributed by atoms with van der Waals surface area (Å²) in [7, 11) is 0. The Labute approximate surface area is 171 Å². The molecule has 1 rings (SSSR count). The predicted molar refractivity (Wildman–Crippen MR) is 112 cm³/mol. The molecule has 1 aliphatic carbocycles. The van der Waals surface area contributed by atoms with Crippen molar-refractivity contribution in [3.8, 4) is 48.1 Å². The molecule has 2 atom stereocenters. The second-order valence-corrected chi connectivity index (χ2v) is 9.66. The van der Waals surface area contributed by atoms with Gasteiger partial charge in [-0.15, -0.1) is 6.42 Å². The summed E-state index contributed by atoms with van der Waals surface area (Å²) in [4.78, 5) is 12.0. The Morgan fingerprint density at radius 1 is 0.964 bits per heavy atom. The van der Waals surface area contributed by atoms with E-state index in [0.717, 1.165) is 19.3 Å². The van der Waals surface area contributed by atoms with Crippen LogP contribution in [0.1, 0.15) is 67.2 Å². The minimum absolute atomic E-state index is 0.0224. The fourth-order valence-corrected chi connectivity index (χ4v) is 3.95. The first kappa shape index (κ1) is 23.7. The molecule has 0 aromatic rings. The summed E-state index contributed by atoms with van der Waals surface area (Å²) in [6.45, 7) is 13.1. The van der Waals surface area contributed by atoms with Crippen molar-refractivity contribution in [3.05, 3.63) is 0 Å². The monoisotopic (exact) mass is 380 g/mol. The molecule has 3 heteroatoms. The number of carbonyl (C=O) groups excluding carboxylic acids is 1. The first-order valence-corrected chi connectivity index (χ1v) is 9.80. The number of hydrogen-bond donors (Lipinski definition) is 1. The molecule has 150 valence electrons. The van der Waals surface area contributed by atoms with Gasteiger partial charge in [0, 0.05) is 24.2 Å². The van der Waals surface area contributed by atoms with Crippen LogP contribution < -0.4 is 0 Å². The number of hydrogen-bond acceptors (Lipinski definition) is 3. The van der Waals surface area contributed by atoms with E-state index in [4.69, 9.17) is 11.2 Å². The zero-order valence-electron chi connectivity index (χ0n) is 18.0. The van der Waals surface area contributed by atoms with Crippen LogP contribution in [0.15, 0.2) is 0 Å². The van der Waals surface area contributed by atoms with E-state index >= 15 is 0 Å². The summed E-state index contributed by atoms with van der Waals surface area (Å²) in [5, 5.41) is 11.0. The van der Waals surface area contributed by atoms with Gasteiger partial charge in [0.2, 0.25) is 0 Å². The van der Waals surface area contributed by atoms with Crippen molar-refractivity contribution in [1.29, 1.82) is 0 Å². The Kier molecular flexibility index (Phi) is 8.70. The highest BCUT2D eigenvalue weighted by molar-refractivity contribution is 5.70. The van der Waals surface area contributed by atoms with E-state index in [1.165, 1.54) is 0 Å². The first-order chi connectivity index (χ1) is 13.0. The van der Waals surface area contributed by atoms with Gasteiger partial charge in [0.15, 0.2) is 0 Å². The molecule has 0 aliphatic heterocycles. The van der Waals surface area contributed by atoms with Gasteiger partial charge < -0.3 is 9.84 Å². The lowest BCUT2D eigenvalue weighted by atomic mass is 9.58. The quantitative estimate of drug-likeness (QED) is 0.594. The number of ether oxygens (including phenoxy) is 1. The van der Waals surface area contributed by atoms with Crippen LogP contribution in [-0.2, 0) is 9.53 Å². The van der Waals surface area contributed by atoms with Gasteiger partial charge in [-0.3, -0.25) is 4.79 Å². The third-order valence-corrected chi connectivity index (χ3v) is 5.52. The Balaban J connectivity index is 2.67. The average Bonchev–Trinajstić information content (AvgIpc) is 2.58. The molecule has 0 radical (unpaired) electrons. The molecule has 0 amide bonds. The number of carbonyl (C=O) groups is 1. The second kappa shape index (κ2) is 10.3. The van der Waals surface area contributed by atoms with Crippen molar-refractivity contribution in [2.75, 3.05) is 0 Å². The summed E-state index contributed by atoms with van der Waals surface area (Å²) in [5.74, 6) is 14.7. The molecule has 1 saturated carbocycles. The summed E-state index contributed by atoms with van der Waals surface area (Å²) in [6, 6.07) is 0. The Morgan fingerprint density at radius 2 is 1.46 bits per heavy atom. The molecule has 0 aromatic carbocycles. The van der Waals surface area contributed by atoms with Crippen LogP contribution in [0.3, 0.4) is 0 Å².